The smallest absolute Gasteiger partial charge is 0.323 e. The molecule has 0 bridgehead atoms. The first-order chi connectivity index (χ1) is 8.44. The average molecular weight is 273 g/mol. The second-order valence-electron chi connectivity index (χ2n) is 5.91. The highest BCUT2D eigenvalue weighted by Gasteiger charge is 2.32. The van der Waals surface area contributed by atoms with Gasteiger partial charge in [-0.1, -0.05) is 12.8 Å². The summed E-state index contributed by atoms with van der Waals surface area (Å²) in [5, 5.41) is 12.5. The summed E-state index contributed by atoms with van der Waals surface area (Å²) in [6.45, 7) is 5.78. The molecule has 1 unspecified atom stereocenters. The van der Waals surface area contributed by atoms with Crippen LogP contribution >= 0.6 is 11.8 Å². The fourth-order valence-electron chi connectivity index (χ4n) is 2.58. The Morgan fingerprint density at radius 3 is 2.56 bits per heavy atom. The molecule has 1 aliphatic rings. The lowest BCUT2D eigenvalue weighted by Gasteiger charge is -2.28. The molecule has 0 aliphatic heterocycles. The van der Waals surface area contributed by atoms with Crippen LogP contribution in [0.3, 0.4) is 0 Å². The predicted molar refractivity (Wildman–Crippen MR) is 78.2 cm³/mol. The van der Waals surface area contributed by atoms with E-state index in [9.17, 15) is 9.90 Å². The first kappa shape index (κ1) is 15.8. The van der Waals surface area contributed by atoms with Crippen LogP contribution in [-0.2, 0) is 4.79 Å². The Morgan fingerprint density at radius 1 is 1.44 bits per heavy atom. The normalized spacial score (nSPS) is 20.2. The van der Waals surface area contributed by atoms with Gasteiger partial charge in [-0.25, -0.2) is 0 Å². The molecule has 3 nitrogen and oxygen atoms in total. The monoisotopic (exact) mass is 273 g/mol. The molecule has 0 saturated heterocycles. The van der Waals surface area contributed by atoms with Crippen LogP contribution in [0, 0.1) is 5.92 Å². The summed E-state index contributed by atoms with van der Waals surface area (Å²) >= 11 is 1.92. The largest absolute Gasteiger partial charge is 0.480 e. The molecule has 0 aromatic heterocycles. The zero-order valence-corrected chi connectivity index (χ0v) is 12.7. The number of carboxylic acids is 1. The van der Waals surface area contributed by atoms with Crippen LogP contribution in [0.4, 0.5) is 0 Å². The number of aliphatic carboxylic acids is 1. The third-order valence-electron chi connectivity index (χ3n) is 3.65. The second kappa shape index (κ2) is 7.39. The van der Waals surface area contributed by atoms with Crippen molar-refractivity contribution in [2.75, 3.05) is 11.5 Å². The molecule has 1 atom stereocenters. The minimum Gasteiger partial charge on any atom is -0.480 e. The lowest BCUT2D eigenvalue weighted by molar-refractivity contribution is -0.144. The molecule has 1 fully saturated rings. The maximum absolute atomic E-state index is 11.3. The topological polar surface area (TPSA) is 49.3 Å². The summed E-state index contributed by atoms with van der Waals surface area (Å²) in [7, 11) is 0. The SMILES string of the molecule is CC(C)NC(C)(CCSCC1CCCC1)C(=O)O. The van der Waals surface area contributed by atoms with Crippen molar-refractivity contribution < 1.29 is 9.90 Å². The quantitative estimate of drug-likeness (QED) is 0.667. The van der Waals surface area contributed by atoms with Gasteiger partial charge in [0.15, 0.2) is 0 Å². The van der Waals surface area contributed by atoms with Crippen LogP contribution in [0.1, 0.15) is 52.9 Å². The van der Waals surface area contributed by atoms with Gasteiger partial charge in [-0.05, 0) is 57.5 Å². The van der Waals surface area contributed by atoms with E-state index < -0.39 is 11.5 Å². The Hall–Kier alpha value is -0.220. The second-order valence-corrected chi connectivity index (χ2v) is 7.06. The van der Waals surface area contributed by atoms with Gasteiger partial charge in [-0.2, -0.15) is 11.8 Å². The number of hydrogen-bond donors (Lipinski definition) is 2. The molecule has 106 valence electrons. The number of rotatable bonds is 8. The molecule has 0 radical (unpaired) electrons. The molecule has 0 aromatic rings. The van der Waals surface area contributed by atoms with E-state index in [-0.39, 0.29) is 6.04 Å². The van der Waals surface area contributed by atoms with Crippen LogP contribution in [-0.4, -0.2) is 34.2 Å². The van der Waals surface area contributed by atoms with Crippen molar-refractivity contribution in [2.24, 2.45) is 5.92 Å². The third-order valence-corrected chi connectivity index (χ3v) is 4.85. The van der Waals surface area contributed by atoms with Gasteiger partial charge in [0.1, 0.15) is 5.54 Å². The molecule has 0 aromatic carbocycles. The Labute approximate surface area is 115 Å². The lowest BCUT2D eigenvalue weighted by Crippen LogP contribution is -2.52. The Kier molecular flexibility index (Phi) is 6.50. The van der Waals surface area contributed by atoms with Crippen LogP contribution < -0.4 is 5.32 Å². The van der Waals surface area contributed by atoms with E-state index in [1.807, 2.05) is 25.6 Å². The Morgan fingerprint density at radius 2 is 2.06 bits per heavy atom. The van der Waals surface area contributed by atoms with E-state index in [4.69, 9.17) is 0 Å². The zero-order valence-electron chi connectivity index (χ0n) is 11.9. The minimum absolute atomic E-state index is 0.200. The van der Waals surface area contributed by atoms with Crippen molar-refractivity contribution in [1.29, 1.82) is 0 Å². The molecule has 2 N–H and O–H groups in total. The molecule has 1 aliphatic carbocycles. The fourth-order valence-corrected chi connectivity index (χ4v) is 3.97. The number of thioether (sulfide) groups is 1. The van der Waals surface area contributed by atoms with Crippen molar-refractivity contribution in [3.05, 3.63) is 0 Å². The van der Waals surface area contributed by atoms with Crippen molar-refractivity contribution in [3.8, 4) is 0 Å². The fraction of sp³-hybridized carbons (Fsp3) is 0.929. The molecular formula is C14H27NO2S. The molecule has 1 rings (SSSR count). The molecule has 1 saturated carbocycles. The highest BCUT2D eigenvalue weighted by molar-refractivity contribution is 7.99. The maximum atomic E-state index is 11.3. The average Bonchev–Trinajstić information content (AvgIpc) is 2.76. The van der Waals surface area contributed by atoms with E-state index in [0.717, 1.165) is 11.7 Å². The van der Waals surface area contributed by atoms with E-state index in [1.165, 1.54) is 31.4 Å². The maximum Gasteiger partial charge on any atom is 0.323 e. The molecule has 0 heterocycles. The Balaban J connectivity index is 2.26. The lowest BCUT2D eigenvalue weighted by atomic mass is 9.98. The van der Waals surface area contributed by atoms with Gasteiger partial charge >= 0.3 is 5.97 Å². The van der Waals surface area contributed by atoms with Gasteiger partial charge in [-0.15, -0.1) is 0 Å². The number of carbonyl (C=O) groups is 1. The first-order valence-electron chi connectivity index (χ1n) is 7.03. The van der Waals surface area contributed by atoms with Gasteiger partial charge in [0, 0.05) is 6.04 Å². The van der Waals surface area contributed by atoms with Crippen molar-refractivity contribution >= 4 is 17.7 Å². The van der Waals surface area contributed by atoms with Crippen LogP contribution in [0.2, 0.25) is 0 Å². The van der Waals surface area contributed by atoms with Crippen molar-refractivity contribution in [2.45, 2.75) is 64.5 Å². The van der Waals surface area contributed by atoms with E-state index in [1.54, 1.807) is 6.92 Å². The first-order valence-corrected chi connectivity index (χ1v) is 8.18. The molecule has 18 heavy (non-hydrogen) atoms. The highest BCUT2D eigenvalue weighted by Crippen LogP contribution is 2.28. The summed E-state index contributed by atoms with van der Waals surface area (Å²) in [5.74, 6) is 2.28. The summed E-state index contributed by atoms with van der Waals surface area (Å²) in [6.07, 6.45) is 6.19. The Bertz CT molecular complexity index is 265. The van der Waals surface area contributed by atoms with E-state index in [2.05, 4.69) is 5.32 Å². The van der Waals surface area contributed by atoms with Crippen LogP contribution in [0.15, 0.2) is 0 Å². The molecule has 0 spiro atoms. The van der Waals surface area contributed by atoms with Crippen LogP contribution in [0.5, 0.6) is 0 Å². The summed E-state index contributed by atoms with van der Waals surface area (Å²) in [6, 6.07) is 0.200. The standard InChI is InChI=1S/C14H27NO2S/c1-11(2)15-14(3,13(16)17)8-9-18-10-12-6-4-5-7-12/h11-12,15H,4-10H2,1-3H3,(H,16,17). The van der Waals surface area contributed by atoms with E-state index in [0.29, 0.717) is 6.42 Å². The zero-order chi connectivity index (χ0) is 13.6. The van der Waals surface area contributed by atoms with Crippen molar-refractivity contribution in [1.82, 2.24) is 5.32 Å². The van der Waals surface area contributed by atoms with Gasteiger partial charge in [0.25, 0.3) is 0 Å². The van der Waals surface area contributed by atoms with Gasteiger partial charge in [0.2, 0.25) is 0 Å². The number of carboxylic acid groups (broad SMARTS) is 1. The van der Waals surface area contributed by atoms with Crippen molar-refractivity contribution in [3.63, 3.8) is 0 Å². The highest BCUT2D eigenvalue weighted by atomic mass is 32.2. The minimum atomic E-state index is -0.781. The molecule has 4 heteroatoms. The molecule has 0 amide bonds. The number of nitrogens with one attached hydrogen (secondary N) is 1. The number of hydrogen-bond acceptors (Lipinski definition) is 3. The summed E-state index contributed by atoms with van der Waals surface area (Å²) in [4.78, 5) is 11.3. The third kappa shape index (κ3) is 5.19. The summed E-state index contributed by atoms with van der Waals surface area (Å²) < 4.78 is 0. The van der Waals surface area contributed by atoms with Gasteiger partial charge < -0.3 is 5.11 Å². The summed E-state index contributed by atoms with van der Waals surface area (Å²) in [5.41, 5.74) is -0.781. The van der Waals surface area contributed by atoms with Crippen LogP contribution in [0.25, 0.3) is 0 Å². The van der Waals surface area contributed by atoms with Gasteiger partial charge in [0.05, 0.1) is 0 Å². The predicted octanol–water partition coefficient (Wildman–Crippen LogP) is 3.14. The van der Waals surface area contributed by atoms with Gasteiger partial charge in [-0.3, -0.25) is 10.1 Å². The van der Waals surface area contributed by atoms with E-state index >= 15 is 0 Å². The molecular weight excluding hydrogens is 246 g/mol.